The van der Waals surface area contributed by atoms with Crippen molar-refractivity contribution in [2.45, 2.75) is 40.5 Å². The maximum Gasteiger partial charge on any atom is 0.322 e. The fourth-order valence-electron chi connectivity index (χ4n) is 1.58. The zero-order valence-corrected chi connectivity index (χ0v) is 12.9. The van der Waals surface area contributed by atoms with Crippen molar-refractivity contribution < 1.29 is 4.74 Å². The van der Waals surface area contributed by atoms with E-state index in [9.17, 15) is 0 Å². The van der Waals surface area contributed by atoms with E-state index >= 15 is 0 Å². The van der Waals surface area contributed by atoms with E-state index in [1.165, 1.54) is 0 Å². The van der Waals surface area contributed by atoms with Gasteiger partial charge in [0.25, 0.3) is 0 Å². The highest BCUT2D eigenvalue weighted by Gasteiger charge is 2.14. The smallest absolute Gasteiger partial charge is 0.322 e. The van der Waals surface area contributed by atoms with E-state index in [-0.39, 0.29) is 5.28 Å². The van der Waals surface area contributed by atoms with Gasteiger partial charge < -0.3 is 9.64 Å². The van der Waals surface area contributed by atoms with Gasteiger partial charge in [-0.15, -0.1) is 0 Å². The lowest BCUT2D eigenvalue weighted by molar-refractivity contribution is 0.291. The quantitative estimate of drug-likeness (QED) is 0.734. The second-order valence-corrected chi connectivity index (χ2v) is 4.93. The lowest BCUT2D eigenvalue weighted by Crippen LogP contribution is -2.30. The molecule has 6 heteroatoms. The minimum atomic E-state index is 0.179. The minimum absolute atomic E-state index is 0.179. The molecule has 0 aliphatic carbocycles. The van der Waals surface area contributed by atoms with Crippen molar-refractivity contribution in [1.82, 2.24) is 15.0 Å². The highest BCUT2D eigenvalue weighted by atomic mass is 35.5. The summed E-state index contributed by atoms with van der Waals surface area (Å²) < 4.78 is 5.43. The van der Waals surface area contributed by atoms with E-state index in [2.05, 4.69) is 40.6 Å². The molecule has 1 rings (SSSR count). The summed E-state index contributed by atoms with van der Waals surface area (Å²) in [5, 5.41) is 0.179. The summed E-state index contributed by atoms with van der Waals surface area (Å²) in [6, 6.07) is 0.305. The molecule has 0 aliphatic rings. The molecular weight excluding hydrogens is 264 g/mol. The Morgan fingerprint density at radius 2 is 1.95 bits per heavy atom. The molecule has 0 radical (unpaired) electrons. The Bertz CT molecular complexity index is 389. The largest absolute Gasteiger partial charge is 0.463 e. The molecule has 0 saturated carbocycles. The average Bonchev–Trinajstić information content (AvgIpc) is 2.41. The van der Waals surface area contributed by atoms with Crippen molar-refractivity contribution in [3.63, 3.8) is 0 Å². The van der Waals surface area contributed by atoms with Crippen LogP contribution < -0.4 is 9.64 Å². The molecule has 0 aromatic carbocycles. The molecule has 108 valence electrons. The number of nitrogens with zero attached hydrogens (tertiary/aromatic N) is 4. The summed E-state index contributed by atoms with van der Waals surface area (Å²) in [5.74, 6) is 1.17. The Balaban J connectivity index is 2.86. The standard InChI is InChI=1S/C13H23ClN4O/c1-5-8-19-13-16-11(14)15-12(17-13)18(7-3)9-10(4)6-2/h10H,5-9H2,1-4H3. The number of aromatic nitrogens is 3. The second-order valence-electron chi connectivity index (χ2n) is 4.59. The molecular formula is C13H23ClN4O. The molecule has 1 aromatic rings. The summed E-state index contributed by atoms with van der Waals surface area (Å²) in [4.78, 5) is 14.6. The van der Waals surface area contributed by atoms with Gasteiger partial charge in [0, 0.05) is 13.1 Å². The predicted octanol–water partition coefficient (Wildman–Crippen LogP) is 3.19. The van der Waals surface area contributed by atoms with E-state index in [0.29, 0.717) is 24.5 Å². The van der Waals surface area contributed by atoms with Gasteiger partial charge in [-0.05, 0) is 30.9 Å². The Labute approximate surface area is 120 Å². The minimum Gasteiger partial charge on any atom is -0.463 e. The second kappa shape index (κ2) is 8.15. The molecule has 1 atom stereocenters. The maximum atomic E-state index is 5.93. The Kier molecular flexibility index (Phi) is 6.84. The number of hydrogen-bond donors (Lipinski definition) is 0. The molecule has 0 fully saturated rings. The lowest BCUT2D eigenvalue weighted by atomic mass is 10.1. The molecule has 19 heavy (non-hydrogen) atoms. The first-order valence-corrected chi connectivity index (χ1v) is 7.27. The summed E-state index contributed by atoms with van der Waals surface area (Å²) >= 11 is 5.93. The third kappa shape index (κ3) is 5.19. The predicted molar refractivity (Wildman–Crippen MR) is 78.0 cm³/mol. The van der Waals surface area contributed by atoms with Gasteiger partial charge in [-0.25, -0.2) is 0 Å². The highest BCUT2D eigenvalue weighted by molar-refractivity contribution is 6.28. The normalized spacial score (nSPS) is 12.3. The van der Waals surface area contributed by atoms with E-state index < -0.39 is 0 Å². The molecule has 0 aliphatic heterocycles. The SMILES string of the molecule is CCCOc1nc(Cl)nc(N(CC)CC(C)CC)n1. The Hall–Kier alpha value is -1.10. The topological polar surface area (TPSA) is 51.1 Å². The van der Waals surface area contributed by atoms with Gasteiger partial charge in [0.05, 0.1) is 6.61 Å². The van der Waals surface area contributed by atoms with E-state index in [4.69, 9.17) is 16.3 Å². The molecule has 1 unspecified atom stereocenters. The van der Waals surface area contributed by atoms with Crippen LogP contribution >= 0.6 is 11.6 Å². The van der Waals surface area contributed by atoms with Crippen LogP contribution in [-0.2, 0) is 0 Å². The van der Waals surface area contributed by atoms with Crippen LogP contribution in [0.4, 0.5) is 5.95 Å². The molecule has 0 N–H and O–H groups in total. The van der Waals surface area contributed by atoms with E-state index in [1.807, 2.05) is 6.92 Å². The van der Waals surface area contributed by atoms with Crippen LogP contribution in [0.5, 0.6) is 6.01 Å². The number of hydrogen-bond acceptors (Lipinski definition) is 5. The van der Waals surface area contributed by atoms with Crippen LogP contribution in [0.1, 0.15) is 40.5 Å². The number of rotatable bonds is 8. The molecule has 0 spiro atoms. The summed E-state index contributed by atoms with van der Waals surface area (Å²) in [6.45, 7) is 10.8. The van der Waals surface area contributed by atoms with Crippen LogP contribution in [0.25, 0.3) is 0 Å². The zero-order valence-electron chi connectivity index (χ0n) is 12.2. The number of halogens is 1. The van der Waals surface area contributed by atoms with Gasteiger partial charge in [-0.2, -0.15) is 15.0 Å². The highest BCUT2D eigenvalue weighted by Crippen LogP contribution is 2.17. The molecule has 1 aromatic heterocycles. The molecule has 5 nitrogen and oxygen atoms in total. The first kappa shape index (κ1) is 16.0. The van der Waals surface area contributed by atoms with Gasteiger partial charge in [-0.3, -0.25) is 0 Å². The first-order valence-electron chi connectivity index (χ1n) is 6.89. The van der Waals surface area contributed by atoms with Crippen LogP contribution in [-0.4, -0.2) is 34.6 Å². The molecule has 0 amide bonds. The lowest BCUT2D eigenvalue weighted by Gasteiger charge is -2.24. The van der Waals surface area contributed by atoms with Crippen molar-refractivity contribution in [3.05, 3.63) is 5.28 Å². The molecule has 0 saturated heterocycles. The van der Waals surface area contributed by atoms with Crippen molar-refractivity contribution in [2.75, 3.05) is 24.6 Å². The van der Waals surface area contributed by atoms with Gasteiger partial charge in [0.2, 0.25) is 11.2 Å². The summed E-state index contributed by atoms with van der Waals surface area (Å²) in [6.07, 6.45) is 2.03. The third-order valence-corrected chi connectivity index (χ3v) is 3.07. The van der Waals surface area contributed by atoms with Crippen LogP contribution in [0, 0.1) is 5.92 Å². The van der Waals surface area contributed by atoms with Crippen LogP contribution in [0.2, 0.25) is 5.28 Å². The fourth-order valence-corrected chi connectivity index (χ4v) is 1.73. The Morgan fingerprint density at radius 3 is 2.53 bits per heavy atom. The molecule has 0 bridgehead atoms. The third-order valence-electron chi connectivity index (χ3n) is 2.90. The number of ether oxygens (including phenoxy) is 1. The molecule has 1 heterocycles. The number of anilines is 1. The van der Waals surface area contributed by atoms with Gasteiger partial charge in [-0.1, -0.05) is 27.2 Å². The fraction of sp³-hybridized carbons (Fsp3) is 0.769. The maximum absolute atomic E-state index is 5.93. The van der Waals surface area contributed by atoms with Gasteiger partial charge >= 0.3 is 6.01 Å². The van der Waals surface area contributed by atoms with E-state index in [0.717, 1.165) is 25.9 Å². The Morgan fingerprint density at radius 1 is 1.21 bits per heavy atom. The average molecular weight is 287 g/mol. The summed E-state index contributed by atoms with van der Waals surface area (Å²) in [7, 11) is 0. The summed E-state index contributed by atoms with van der Waals surface area (Å²) in [5.41, 5.74) is 0. The van der Waals surface area contributed by atoms with Crippen molar-refractivity contribution in [2.24, 2.45) is 5.92 Å². The monoisotopic (exact) mass is 286 g/mol. The van der Waals surface area contributed by atoms with E-state index in [1.54, 1.807) is 0 Å². The van der Waals surface area contributed by atoms with Gasteiger partial charge in [0.1, 0.15) is 0 Å². The van der Waals surface area contributed by atoms with Gasteiger partial charge in [0.15, 0.2) is 0 Å². The van der Waals surface area contributed by atoms with Crippen LogP contribution in [0.15, 0.2) is 0 Å². The first-order chi connectivity index (χ1) is 9.10. The van der Waals surface area contributed by atoms with Crippen LogP contribution in [0.3, 0.4) is 0 Å². The van der Waals surface area contributed by atoms with Crippen molar-refractivity contribution >= 4 is 17.5 Å². The van der Waals surface area contributed by atoms with Crippen molar-refractivity contribution in [3.8, 4) is 6.01 Å². The zero-order chi connectivity index (χ0) is 14.3. The van der Waals surface area contributed by atoms with Crippen molar-refractivity contribution in [1.29, 1.82) is 0 Å².